The first-order chi connectivity index (χ1) is 27.5. The molecule has 22 nitrogen and oxygen atoms in total. The molecule has 1 aliphatic rings. The van der Waals surface area contributed by atoms with Crippen LogP contribution in [0, 0.1) is 0 Å². The van der Waals surface area contributed by atoms with Gasteiger partial charge in [0.05, 0.1) is 21.0 Å². The van der Waals surface area contributed by atoms with Crippen LogP contribution in [0.5, 0.6) is 0 Å². The van der Waals surface area contributed by atoms with Gasteiger partial charge in [0.1, 0.15) is 15.5 Å². The number of ketones is 1. The summed E-state index contributed by atoms with van der Waals surface area (Å²) in [6.45, 7) is 0. The number of halogens is 1. The maximum Gasteiger partial charge on any atom is 0.296 e. The van der Waals surface area contributed by atoms with Crippen LogP contribution in [0.25, 0.3) is 0 Å². The average molecular weight is 907 g/mol. The fourth-order valence-electron chi connectivity index (χ4n) is 5.35. The predicted octanol–water partition coefficient (Wildman–Crippen LogP) is 4.63. The Hall–Kier alpha value is -6.10. The molecule has 5 aromatic rings. The van der Waals surface area contributed by atoms with E-state index in [1.165, 1.54) is 36.4 Å². The number of rotatable bonds is 12. The van der Waals surface area contributed by atoms with E-state index in [2.05, 4.69) is 41.1 Å². The van der Waals surface area contributed by atoms with E-state index in [1.807, 2.05) is 0 Å². The standard InChI is InChI=1S/C32H23ClN8O14S4/c33-30-37-31(34-18-6-9-20(10-7-18)56(44,45)46)39-32(38-30)35-19-8-11-24(58(50,51)52)22(14-19)40-41-27-25(59(53,54)55)13-17-12-21(57(47,48)49)15-23(26(17)28(27)42)36-29(43)16-4-2-1-3-5-16/h1-12,14-15H,13H2,(H,36,43)(H,44,45,46)(H,47,48,49)(H,50,51,52)(H,53,54,55)(H2,34,35,37,38,39). The SMILES string of the molecule is O=C(Nc1cc(S(=O)(=O)O)cc2c1C(=O)C(N=Nc1cc(Nc3nc(Cl)nc(Nc4ccc(S(=O)(=O)O)cc4)n3)ccc1S(=O)(=O)O)=C(S(=O)(=O)O)C2)c1ccccc1. The van der Waals surface area contributed by atoms with Crippen molar-refractivity contribution in [3.8, 4) is 0 Å². The van der Waals surface area contributed by atoms with Crippen LogP contribution in [0.3, 0.4) is 0 Å². The summed E-state index contributed by atoms with van der Waals surface area (Å²) in [4.78, 5) is 35.7. The van der Waals surface area contributed by atoms with Crippen molar-refractivity contribution in [3.63, 3.8) is 0 Å². The molecule has 0 atom stereocenters. The summed E-state index contributed by atoms with van der Waals surface area (Å²) < 4.78 is 136. The van der Waals surface area contributed by atoms with Gasteiger partial charge in [-0.3, -0.25) is 27.8 Å². The first-order valence-corrected chi connectivity index (χ1v) is 21.9. The van der Waals surface area contributed by atoms with Crippen molar-refractivity contribution in [1.29, 1.82) is 0 Å². The lowest BCUT2D eigenvalue weighted by molar-refractivity contribution is 0.102. The number of aromatic nitrogens is 3. The number of carbonyl (C=O) groups excluding carboxylic acids is 2. The number of carbonyl (C=O) groups is 2. The van der Waals surface area contributed by atoms with Gasteiger partial charge in [-0.2, -0.15) is 48.6 Å². The van der Waals surface area contributed by atoms with Gasteiger partial charge in [-0.05, 0) is 83.9 Å². The topological polar surface area (TPSA) is 351 Å². The normalized spacial score (nSPS) is 13.6. The zero-order valence-corrected chi connectivity index (χ0v) is 32.9. The molecule has 0 bridgehead atoms. The highest BCUT2D eigenvalue weighted by molar-refractivity contribution is 7.89. The van der Waals surface area contributed by atoms with Crippen LogP contribution in [0.2, 0.25) is 5.28 Å². The third-order valence-corrected chi connectivity index (χ3v) is 11.6. The van der Waals surface area contributed by atoms with Crippen molar-refractivity contribution in [2.75, 3.05) is 16.0 Å². The Morgan fingerprint density at radius 1 is 0.661 bits per heavy atom. The van der Waals surface area contributed by atoms with E-state index < -0.39 is 106 Å². The first-order valence-electron chi connectivity index (χ1n) is 15.8. The van der Waals surface area contributed by atoms with Gasteiger partial charge in [0.2, 0.25) is 23.0 Å². The number of azo groups is 1. The molecule has 1 aliphatic carbocycles. The van der Waals surface area contributed by atoms with Crippen molar-refractivity contribution in [2.24, 2.45) is 10.2 Å². The van der Waals surface area contributed by atoms with Gasteiger partial charge in [-0.15, -0.1) is 10.2 Å². The molecular weight excluding hydrogens is 884 g/mol. The second-order valence-electron chi connectivity index (χ2n) is 11.9. The van der Waals surface area contributed by atoms with E-state index in [-0.39, 0.29) is 34.1 Å². The molecule has 0 fully saturated rings. The highest BCUT2D eigenvalue weighted by Crippen LogP contribution is 2.38. The number of allylic oxidation sites excluding steroid dienone is 2. The molecule has 0 saturated carbocycles. The van der Waals surface area contributed by atoms with Crippen LogP contribution in [0.1, 0.15) is 26.3 Å². The number of anilines is 5. The van der Waals surface area contributed by atoms with E-state index in [9.17, 15) is 61.5 Å². The molecule has 0 saturated heterocycles. The van der Waals surface area contributed by atoms with E-state index in [4.69, 9.17) is 11.6 Å². The number of benzene rings is 4. The summed E-state index contributed by atoms with van der Waals surface area (Å²) in [6.07, 6.45) is -0.945. The Morgan fingerprint density at radius 2 is 1.25 bits per heavy atom. The van der Waals surface area contributed by atoms with E-state index >= 15 is 0 Å². The minimum Gasteiger partial charge on any atom is -0.324 e. The fourth-order valence-corrected chi connectivity index (χ4v) is 7.87. The summed E-state index contributed by atoms with van der Waals surface area (Å²) >= 11 is 6.05. The molecule has 1 amide bonds. The quantitative estimate of drug-likeness (QED) is 0.0662. The molecule has 59 heavy (non-hydrogen) atoms. The highest BCUT2D eigenvalue weighted by atomic mass is 35.5. The highest BCUT2D eigenvalue weighted by Gasteiger charge is 2.36. The largest absolute Gasteiger partial charge is 0.324 e. The van der Waals surface area contributed by atoms with Gasteiger partial charge in [0.15, 0.2) is 5.70 Å². The van der Waals surface area contributed by atoms with E-state index in [1.54, 1.807) is 6.07 Å². The molecule has 1 aromatic heterocycles. The van der Waals surface area contributed by atoms with Crippen molar-refractivity contribution in [1.82, 2.24) is 15.0 Å². The van der Waals surface area contributed by atoms with Gasteiger partial charge in [0.25, 0.3) is 46.4 Å². The minimum absolute atomic E-state index is 0.0436. The Morgan fingerprint density at radius 3 is 1.83 bits per heavy atom. The van der Waals surface area contributed by atoms with Crippen molar-refractivity contribution in [3.05, 3.63) is 118 Å². The van der Waals surface area contributed by atoms with E-state index in [0.29, 0.717) is 0 Å². The number of nitrogens with zero attached hydrogens (tertiary/aromatic N) is 5. The van der Waals surface area contributed by atoms with Crippen LogP contribution in [0.15, 0.2) is 120 Å². The Bertz CT molecular complexity index is 3100. The first kappa shape index (κ1) is 42.5. The second-order valence-corrected chi connectivity index (χ2v) is 17.9. The average Bonchev–Trinajstić information content (AvgIpc) is 3.13. The summed E-state index contributed by atoms with van der Waals surface area (Å²) in [5, 5.41) is 14.7. The summed E-state index contributed by atoms with van der Waals surface area (Å²) in [5.74, 6) is -2.69. The zero-order chi connectivity index (χ0) is 43.1. The molecule has 1 heterocycles. The Labute approximate surface area is 338 Å². The number of hydrogen-bond donors (Lipinski definition) is 7. The summed E-state index contributed by atoms with van der Waals surface area (Å²) in [7, 11) is -20.0. The van der Waals surface area contributed by atoms with Gasteiger partial charge >= 0.3 is 0 Å². The third-order valence-electron chi connectivity index (χ3n) is 7.91. The zero-order valence-electron chi connectivity index (χ0n) is 28.9. The summed E-state index contributed by atoms with van der Waals surface area (Å²) in [6, 6.07) is 16.4. The molecule has 0 unspecified atom stereocenters. The van der Waals surface area contributed by atoms with Crippen molar-refractivity contribution in [2.45, 2.75) is 21.1 Å². The van der Waals surface area contributed by atoms with Gasteiger partial charge in [-0.1, -0.05) is 18.2 Å². The van der Waals surface area contributed by atoms with Gasteiger partial charge in [0, 0.05) is 23.4 Å². The lowest BCUT2D eigenvalue weighted by Crippen LogP contribution is -2.24. The van der Waals surface area contributed by atoms with Gasteiger partial charge < -0.3 is 16.0 Å². The Kier molecular flexibility index (Phi) is 11.5. The number of amides is 1. The smallest absolute Gasteiger partial charge is 0.296 e. The van der Waals surface area contributed by atoms with Crippen molar-refractivity contribution < 1.29 is 61.5 Å². The molecular formula is C32H23ClN8O14S4. The summed E-state index contributed by atoms with van der Waals surface area (Å²) in [5.41, 5.74) is -3.08. The Balaban J connectivity index is 1.38. The molecule has 4 aromatic carbocycles. The molecule has 0 radical (unpaired) electrons. The van der Waals surface area contributed by atoms with Gasteiger partial charge in [-0.25, -0.2) is 0 Å². The molecule has 0 aliphatic heterocycles. The van der Waals surface area contributed by atoms with Crippen LogP contribution >= 0.6 is 11.6 Å². The van der Waals surface area contributed by atoms with Crippen molar-refractivity contribution >= 4 is 98.4 Å². The fraction of sp³-hybridized carbons (Fsp3) is 0.0312. The predicted molar refractivity (Wildman–Crippen MR) is 206 cm³/mol. The van der Waals surface area contributed by atoms with Crippen LogP contribution in [0.4, 0.5) is 34.6 Å². The molecule has 0 spiro atoms. The molecule has 7 N–H and O–H groups in total. The lowest BCUT2D eigenvalue weighted by Gasteiger charge is -2.21. The third kappa shape index (κ3) is 9.96. The molecule has 306 valence electrons. The monoisotopic (exact) mass is 906 g/mol. The van der Waals surface area contributed by atoms with E-state index in [0.717, 1.165) is 42.5 Å². The number of fused-ring (bicyclic) bond motifs is 1. The number of nitrogens with one attached hydrogen (secondary N) is 3. The van der Waals surface area contributed by atoms with Crippen LogP contribution in [-0.2, 0) is 46.9 Å². The maximum atomic E-state index is 14.0. The number of hydrogen-bond acceptors (Lipinski definition) is 17. The molecule has 27 heteroatoms. The second kappa shape index (κ2) is 15.9. The molecule has 6 rings (SSSR count). The van der Waals surface area contributed by atoms with Crippen LogP contribution < -0.4 is 16.0 Å². The lowest BCUT2D eigenvalue weighted by atomic mass is 9.91. The van der Waals surface area contributed by atoms with Crippen LogP contribution in [-0.4, -0.2) is 78.5 Å². The maximum absolute atomic E-state index is 14.0. The number of Topliss-reactive ketones (excluding diaryl/α,β-unsaturated/α-hetero) is 1. The minimum atomic E-state index is -5.36.